The number of fused-ring (bicyclic) bond motifs is 2. The van der Waals surface area contributed by atoms with E-state index in [1.54, 1.807) is 20.5 Å². The molecule has 0 fully saturated rings. The summed E-state index contributed by atoms with van der Waals surface area (Å²) in [5.74, 6) is 1.67. The summed E-state index contributed by atoms with van der Waals surface area (Å²) in [5, 5.41) is 1.04. The second-order valence-corrected chi connectivity index (χ2v) is 6.25. The molecule has 3 aromatic rings. The number of methoxy groups -OCH3 is 2. The first-order valence-electron chi connectivity index (χ1n) is 8.18. The molecule has 1 aliphatic carbocycles. The molecule has 1 aromatic heterocycles. The minimum Gasteiger partial charge on any atom is -0.493 e. The van der Waals surface area contributed by atoms with Gasteiger partial charge in [0.15, 0.2) is 11.5 Å². The van der Waals surface area contributed by atoms with Crippen LogP contribution < -0.4 is 9.47 Å². The number of aryl methyl sites for hydroxylation is 2. The van der Waals surface area contributed by atoms with Gasteiger partial charge in [-0.15, -0.1) is 0 Å². The maximum Gasteiger partial charge on any atom is 0.187 e. The van der Waals surface area contributed by atoms with Gasteiger partial charge in [0, 0.05) is 11.3 Å². The number of hydrogen-bond donors (Lipinski definition) is 0. The topological polar surface area (TPSA) is 44.2 Å². The fourth-order valence-corrected chi connectivity index (χ4v) is 3.75. The normalized spacial score (nSPS) is 16.2. The van der Waals surface area contributed by atoms with Crippen molar-refractivity contribution in [3.05, 3.63) is 59.0 Å². The summed E-state index contributed by atoms with van der Waals surface area (Å²) in [6, 6.07) is 10.7. The molecule has 1 aliphatic rings. The van der Waals surface area contributed by atoms with Gasteiger partial charge < -0.3 is 9.47 Å². The number of rotatable bonds is 3. The standard InChI is InChI=1S/C20H20N2O2/c1-12-4-5-13-6-7-14(16(13)10-12)18-15-8-9-17(23-2)20(24-3)19(15)22-11-21-18/h4-5,8-11,14H,6-7H2,1-3H3. The molecule has 4 heteroatoms. The summed E-state index contributed by atoms with van der Waals surface area (Å²) >= 11 is 0. The minimum atomic E-state index is 0.309. The lowest BCUT2D eigenvalue weighted by molar-refractivity contribution is 0.358. The van der Waals surface area contributed by atoms with Gasteiger partial charge in [0.25, 0.3) is 0 Å². The number of nitrogens with zero attached hydrogens (tertiary/aromatic N) is 2. The van der Waals surface area contributed by atoms with Gasteiger partial charge in [0.1, 0.15) is 11.8 Å². The summed E-state index contributed by atoms with van der Waals surface area (Å²) in [6.07, 6.45) is 3.81. The SMILES string of the molecule is COc1ccc2c(C3CCc4ccc(C)cc43)ncnc2c1OC. The van der Waals surface area contributed by atoms with Gasteiger partial charge in [-0.25, -0.2) is 9.97 Å². The fourth-order valence-electron chi connectivity index (χ4n) is 3.75. The molecule has 1 heterocycles. The smallest absolute Gasteiger partial charge is 0.187 e. The van der Waals surface area contributed by atoms with Gasteiger partial charge in [0.2, 0.25) is 0 Å². The third-order valence-corrected chi connectivity index (χ3v) is 4.89. The second kappa shape index (κ2) is 5.78. The molecule has 0 saturated heterocycles. The highest BCUT2D eigenvalue weighted by atomic mass is 16.5. The molecule has 1 atom stereocenters. The van der Waals surface area contributed by atoms with Crippen molar-refractivity contribution in [2.75, 3.05) is 14.2 Å². The van der Waals surface area contributed by atoms with Crippen LogP contribution in [0.2, 0.25) is 0 Å². The Hall–Kier alpha value is -2.62. The number of benzene rings is 2. The molecule has 24 heavy (non-hydrogen) atoms. The first-order chi connectivity index (χ1) is 11.7. The Labute approximate surface area is 141 Å². The van der Waals surface area contributed by atoms with E-state index in [0.717, 1.165) is 29.4 Å². The van der Waals surface area contributed by atoms with Crippen LogP contribution in [0.3, 0.4) is 0 Å². The lowest BCUT2D eigenvalue weighted by Crippen LogP contribution is -2.03. The zero-order valence-corrected chi connectivity index (χ0v) is 14.2. The largest absolute Gasteiger partial charge is 0.493 e. The fraction of sp³-hybridized carbons (Fsp3) is 0.300. The van der Waals surface area contributed by atoms with Gasteiger partial charge >= 0.3 is 0 Å². The van der Waals surface area contributed by atoms with Crippen LogP contribution in [0.5, 0.6) is 11.5 Å². The Morgan fingerprint density at radius 3 is 2.71 bits per heavy atom. The summed E-state index contributed by atoms with van der Waals surface area (Å²) in [4.78, 5) is 9.09. The number of hydrogen-bond acceptors (Lipinski definition) is 4. The average molecular weight is 320 g/mol. The summed E-state index contributed by atoms with van der Waals surface area (Å²) in [5.41, 5.74) is 5.99. The summed E-state index contributed by atoms with van der Waals surface area (Å²) in [7, 11) is 3.29. The van der Waals surface area contributed by atoms with Crippen molar-refractivity contribution in [1.82, 2.24) is 9.97 Å². The molecule has 1 unspecified atom stereocenters. The van der Waals surface area contributed by atoms with E-state index in [-0.39, 0.29) is 0 Å². The minimum absolute atomic E-state index is 0.309. The monoisotopic (exact) mass is 320 g/mol. The van der Waals surface area contributed by atoms with Crippen LogP contribution in [0.1, 0.15) is 34.7 Å². The Bertz CT molecular complexity index is 921. The Morgan fingerprint density at radius 2 is 1.92 bits per heavy atom. The van der Waals surface area contributed by atoms with E-state index in [9.17, 15) is 0 Å². The highest BCUT2D eigenvalue weighted by Crippen LogP contribution is 2.42. The third kappa shape index (κ3) is 2.21. The van der Waals surface area contributed by atoms with Gasteiger partial charge in [0.05, 0.1) is 19.9 Å². The van der Waals surface area contributed by atoms with E-state index in [2.05, 4.69) is 35.1 Å². The van der Waals surface area contributed by atoms with E-state index >= 15 is 0 Å². The van der Waals surface area contributed by atoms with Crippen LogP contribution in [-0.4, -0.2) is 24.2 Å². The average Bonchev–Trinajstić information content (AvgIpc) is 3.02. The van der Waals surface area contributed by atoms with Crippen LogP contribution in [0.15, 0.2) is 36.7 Å². The molecule has 0 aliphatic heterocycles. The Balaban J connectivity index is 1.92. The maximum atomic E-state index is 5.54. The van der Waals surface area contributed by atoms with Gasteiger partial charge in [-0.2, -0.15) is 0 Å². The van der Waals surface area contributed by atoms with Gasteiger partial charge in [-0.1, -0.05) is 23.8 Å². The predicted octanol–water partition coefficient (Wildman–Crippen LogP) is 4.03. The summed E-state index contributed by atoms with van der Waals surface area (Å²) in [6.45, 7) is 2.14. The van der Waals surface area contributed by atoms with Crippen molar-refractivity contribution in [2.45, 2.75) is 25.7 Å². The molecule has 4 rings (SSSR count). The first kappa shape index (κ1) is 14.9. The molecular weight excluding hydrogens is 300 g/mol. The van der Waals surface area contributed by atoms with E-state index in [4.69, 9.17) is 9.47 Å². The highest BCUT2D eigenvalue weighted by molar-refractivity contribution is 5.89. The Morgan fingerprint density at radius 1 is 1.04 bits per heavy atom. The first-order valence-corrected chi connectivity index (χ1v) is 8.18. The molecule has 122 valence electrons. The molecule has 2 aromatic carbocycles. The lowest BCUT2D eigenvalue weighted by atomic mass is 9.93. The molecule has 4 nitrogen and oxygen atoms in total. The van der Waals surface area contributed by atoms with Crippen molar-refractivity contribution in [1.29, 1.82) is 0 Å². The predicted molar refractivity (Wildman–Crippen MR) is 94.0 cm³/mol. The van der Waals surface area contributed by atoms with E-state index < -0.39 is 0 Å². The number of aromatic nitrogens is 2. The van der Waals surface area contributed by atoms with Crippen molar-refractivity contribution < 1.29 is 9.47 Å². The third-order valence-electron chi connectivity index (χ3n) is 4.89. The molecule has 0 spiro atoms. The maximum absolute atomic E-state index is 5.54. The number of ether oxygens (including phenoxy) is 2. The Kier molecular flexibility index (Phi) is 3.60. The van der Waals surface area contributed by atoms with E-state index in [1.807, 2.05) is 12.1 Å². The zero-order valence-electron chi connectivity index (χ0n) is 14.2. The molecule has 0 saturated carbocycles. The molecule has 0 amide bonds. The molecular formula is C20H20N2O2. The van der Waals surface area contributed by atoms with Crippen molar-refractivity contribution in [2.24, 2.45) is 0 Å². The van der Waals surface area contributed by atoms with Gasteiger partial charge in [-0.05, 0) is 43.0 Å². The van der Waals surface area contributed by atoms with Crippen molar-refractivity contribution >= 4 is 10.9 Å². The highest BCUT2D eigenvalue weighted by Gasteiger charge is 2.27. The summed E-state index contributed by atoms with van der Waals surface area (Å²) < 4.78 is 10.9. The van der Waals surface area contributed by atoms with E-state index in [0.29, 0.717) is 17.4 Å². The van der Waals surface area contributed by atoms with Crippen LogP contribution in [0.25, 0.3) is 10.9 Å². The zero-order chi connectivity index (χ0) is 16.7. The van der Waals surface area contributed by atoms with Crippen molar-refractivity contribution in [3.8, 4) is 11.5 Å². The lowest BCUT2D eigenvalue weighted by Gasteiger charge is -2.16. The van der Waals surface area contributed by atoms with Crippen LogP contribution in [-0.2, 0) is 6.42 Å². The molecule has 0 bridgehead atoms. The van der Waals surface area contributed by atoms with Crippen LogP contribution in [0.4, 0.5) is 0 Å². The van der Waals surface area contributed by atoms with Crippen molar-refractivity contribution in [3.63, 3.8) is 0 Å². The molecule has 0 radical (unpaired) electrons. The second-order valence-electron chi connectivity index (χ2n) is 6.25. The molecule has 0 N–H and O–H groups in total. The van der Waals surface area contributed by atoms with E-state index in [1.165, 1.54) is 16.7 Å². The quantitative estimate of drug-likeness (QED) is 0.731. The van der Waals surface area contributed by atoms with Crippen LogP contribution in [0, 0.1) is 6.92 Å². The van der Waals surface area contributed by atoms with Gasteiger partial charge in [-0.3, -0.25) is 0 Å². The van der Waals surface area contributed by atoms with Crippen LogP contribution >= 0.6 is 0 Å².